The molecule has 0 atom stereocenters. The van der Waals surface area contributed by atoms with Gasteiger partial charge in [0, 0.05) is 17.7 Å². The van der Waals surface area contributed by atoms with Crippen molar-refractivity contribution < 1.29 is 18.9 Å². The van der Waals surface area contributed by atoms with E-state index in [2.05, 4.69) is 12.0 Å². The fourth-order valence-electron chi connectivity index (χ4n) is 1.49. The SMILES string of the molecule is C=[N+](C)c1cccc(C(=O)CNC(=O)OC(C)(C)C)c1. The standard InChI is InChI=1S/C15H20N2O3/c1-15(2,3)20-14(19)16-10-13(18)11-7-6-8-12(9-11)17(4)5/h6-9H,4,10H2,1-3,5H3/p+1. The molecule has 1 rings (SSSR count). The summed E-state index contributed by atoms with van der Waals surface area (Å²) in [5.74, 6) is -0.181. The van der Waals surface area contributed by atoms with Gasteiger partial charge < -0.3 is 10.1 Å². The highest BCUT2D eigenvalue weighted by Gasteiger charge is 2.17. The Hall–Kier alpha value is -2.17. The molecule has 108 valence electrons. The molecule has 5 heteroatoms. The van der Waals surface area contributed by atoms with Crippen molar-refractivity contribution in [2.45, 2.75) is 26.4 Å². The van der Waals surface area contributed by atoms with Crippen molar-refractivity contribution >= 4 is 24.3 Å². The van der Waals surface area contributed by atoms with Crippen molar-refractivity contribution in [3.05, 3.63) is 29.8 Å². The lowest BCUT2D eigenvalue weighted by atomic mass is 10.1. The first-order valence-electron chi connectivity index (χ1n) is 6.33. The summed E-state index contributed by atoms with van der Waals surface area (Å²) in [4.78, 5) is 23.4. The fourth-order valence-corrected chi connectivity index (χ4v) is 1.49. The van der Waals surface area contributed by atoms with Crippen LogP contribution in [-0.2, 0) is 4.74 Å². The van der Waals surface area contributed by atoms with Gasteiger partial charge in [0.25, 0.3) is 0 Å². The van der Waals surface area contributed by atoms with E-state index in [9.17, 15) is 9.59 Å². The van der Waals surface area contributed by atoms with Crippen LogP contribution in [0.25, 0.3) is 0 Å². The van der Waals surface area contributed by atoms with Crippen LogP contribution in [0.15, 0.2) is 24.3 Å². The number of nitrogens with zero attached hydrogens (tertiary/aromatic N) is 1. The van der Waals surface area contributed by atoms with Crippen LogP contribution in [0, 0.1) is 0 Å². The van der Waals surface area contributed by atoms with E-state index in [-0.39, 0.29) is 12.3 Å². The number of rotatable bonds is 4. The third kappa shape index (κ3) is 5.22. The number of hydrogen-bond donors (Lipinski definition) is 1. The molecule has 0 unspecified atom stereocenters. The molecule has 0 bridgehead atoms. The number of Topliss-reactive ketones (excluding diaryl/α,β-unsaturated/α-hetero) is 1. The van der Waals surface area contributed by atoms with Crippen LogP contribution in [0.4, 0.5) is 10.5 Å². The maximum Gasteiger partial charge on any atom is 0.408 e. The average Bonchev–Trinajstić information content (AvgIpc) is 2.34. The van der Waals surface area contributed by atoms with Crippen LogP contribution in [-0.4, -0.2) is 42.4 Å². The van der Waals surface area contributed by atoms with Gasteiger partial charge in [-0.25, -0.2) is 9.37 Å². The number of benzene rings is 1. The molecule has 0 aliphatic heterocycles. The van der Waals surface area contributed by atoms with Crippen molar-refractivity contribution in [3.8, 4) is 0 Å². The third-order valence-corrected chi connectivity index (χ3v) is 2.40. The van der Waals surface area contributed by atoms with Crippen LogP contribution in [0.3, 0.4) is 0 Å². The molecule has 1 N–H and O–H groups in total. The molecule has 0 saturated carbocycles. The van der Waals surface area contributed by atoms with Gasteiger partial charge in [0.1, 0.15) is 19.4 Å². The quantitative estimate of drug-likeness (QED) is 0.522. The Kier molecular flexibility index (Phi) is 5.02. The van der Waals surface area contributed by atoms with Crippen molar-refractivity contribution in [2.24, 2.45) is 0 Å². The minimum absolute atomic E-state index is 0.0980. The molecule has 0 aromatic heterocycles. The number of ketones is 1. The molecule has 0 spiro atoms. The Labute approximate surface area is 119 Å². The van der Waals surface area contributed by atoms with Crippen molar-refractivity contribution in [2.75, 3.05) is 13.6 Å². The maximum atomic E-state index is 12.0. The first-order chi connectivity index (χ1) is 9.19. The highest BCUT2D eigenvalue weighted by molar-refractivity contribution is 5.99. The summed E-state index contributed by atoms with van der Waals surface area (Å²) in [6.45, 7) is 8.96. The summed E-state index contributed by atoms with van der Waals surface area (Å²) in [6.07, 6.45) is -0.601. The summed E-state index contributed by atoms with van der Waals surface area (Å²) in [5, 5.41) is 2.45. The monoisotopic (exact) mass is 277 g/mol. The summed E-state index contributed by atoms with van der Waals surface area (Å²) in [6, 6.07) is 7.06. The molecule has 0 aliphatic rings. The molecule has 0 heterocycles. The van der Waals surface area contributed by atoms with E-state index in [0.29, 0.717) is 5.56 Å². The molecule has 0 fully saturated rings. The summed E-state index contributed by atoms with van der Waals surface area (Å²) in [7, 11) is 1.79. The molecule has 1 aromatic carbocycles. The van der Waals surface area contributed by atoms with Gasteiger partial charge in [0.2, 0.25) is 5.69 Å². The first-order valence-corrected chi connectivity index (χ1v) is 6.33. The summed E-state index contributed by atoms with van der Waals surface area (Å²) >= 11 is 0. The lowest BCUT2D eigenvalue weighted by Gasteiger charge is -2.19. The molecule has 20 heavy (non-hydrogen) atoms. The van der Waals surface area contributed by atoms with Crippen molar-refractivity contribution in [1.82, 2.24) is 5.32 Å². The van der Waals surface area contributed by atoms with Gasteiger partial charge in [-0.3, -0.25) is 4.79 Å². The second kappa shape index (κ2) is 6.32. The van der Waals surface area contributed by atoms with Crippen LogP contribution in [0.1, 0.15) is 31.1 Å². The smallest absolute Gasteiger partial charge is 0.408 e. The van der Waals surface area contributed by atoms with Gasteiger partial charge in [0.15, 0.2) is 5.78 Å². The summed E-state index contributed by atoms with van der Waals surface area (Å²) in [5.41, 5.74) is 0.770. The molecular weight excluding hydrogens is 256 g/mol. The van der Waals surface area contributed by atoms with Gasteiger partial charge in [-0.05, 0) is 20.8 Å². The Morgan fingerprint density at radius 1 is 1.35 bits per heavy atom. The van der Waals surface area contributed by atoms with Gasteiger partial charge in [-0.2, -0.15) is 0 Å². The number of carbonyl (C=O) groups is 2. The Morgan fingerprint density at radius 3 is 2.55 bits per heavy atom. The molecule has 0 saturated heterocycles. The third-order valence-electron chi connectivity index (χ3n) is 2.40. The van der Waals surface area contributed by atoms with Crippen LogP contribution < -0.4 is 5.32 Å². The largest absolute Gasteiger partial charge is 0.444 e. The van der Waals surface area contributed by atoms with Gasteiger partial charge in [-0.15, -0.1) is 0 Å². The minimum Gasteiger partial charge on any atom is -0.444 e. The van der Waals surface area contributed by atoms with E-state index >= 15 is 0 Å². The Morgan fingerprint density at radius 2 is 2.00 bits per heavy atom. The van der Waals surface area contributed by atoms with Crippen LogP contribution >= 0.6 is 0 Å². The highest BCUT2D eigenvalue weighted by atomic mass is 16.6. The number of nitrogens with one attached hydrogen (secondary N) is 1. The second-order valence-electron chi connectivity index (χ2n) is 5.53. The number of ether oxygens (including phenoxy) is 1. The van der Waals surface area contributed by atoms with Gasteiger partial charge >= 0.3 is 6.09 Å². The molecule has 0 aliphatic carbocycles. The number of hydrogen-bond acceptors (Lipinski definition) is 3. The molecule has 1 aromatic rings. The average molecular weight is 277 g/mol. The van der Waals surface area contributed by atoms with Crippen molar-refractivity contribution in [1.29, 1.82) is 0 Å². The van der Waals surface area contributed by atoms with Crippen molar-refractivity contribution in [3.63, 3.8) is 0 Å². The van der Waals surface area contributed by atoms with E-state index < -0.39 is 11.7 Å². The Balaban J connectivity index is 2.61. The molecular formula is C15H21N2O3+. The molecule has 5 nitrogen and oxygen atoms in total. The normalized spacial score (nSPS) is 10.8. The number of carbonyl (C=O) groups excluding carboxylic acids is 2. The predicted molar refractivity (Wildman–Crippen MR) is 78.0 cm³/mol. The predicted octanol–water partition coefficient (Wildman–Crippen LogP) is 2.37. The van der Waals surface area contributed by atoms with Gasteiger partial charge in [0.05, 0.1) is 6.54 Å². The number of alkyl carbamates (subject to hydrolysis) is 1. The highest BCUT2D eigenvalue weighted by Crippen LogP contribution is 2.12. The van der Waals surface area contributed by atoms with Gasteiger partial charge in [-0.1, -0.05) is 12.1 Å². The van der Waals surface area contributed by atoms with Crippen LogP contribution in [0.2, 0.25) is 0 Å². The topological polar surface area (TPSA) is 58.4 Å². The number of amides is 1. The molecule has 1 amide bonds. The van der Waals surface area contributed by atoms with E-state index in [1.807, 2.05) is 6.07 Å². The lowest BCUT2D eigenvalue weighted by molar-refractivity contribution is -0.394. The first kappa shape index (κ1) is 15.9. The van der Waals surface area contributed by atoms with Crippen LogP contribution in [0.5, 0.6) is 0 Å². The molecule has 0 radical (unpaired) electrons. The minimum atomic E-state index is -0.601. The zero-order valence-corrected chi connectivity index (χ0v) is 12.4. The second-order valence-corrected chi connectivity index (χ2v) is 5.53. The van der Waals surface area contributed by atoms with E-state index in [0.717, 1.165) is 5.69 Å². The van der Waals surface area contributed by atoms with E-state index in [1.54, 1.807) is 50.6 Å². The Bertz CT molecular complexity index is 530. The summed E-state index contributed by atoms with van der Waals surface area (Å²) < 4.78 is 6.73. The zero-order valence-electron chi connectivity index (χ0n) is 12.4. The van der Waals surface area contributed by atoms with E-state index in [1.165, 1.54) is 0 Å². The maximum absolute atomic E-state index is 12.0. The van der Waals surface area contributed by atoms with E-state index in [4.69, 9.17) is 4.74 Å². The zero-order chi connectivity index (χ0) is 15.3. The fraction of sp³-hybridized carbons (Fsp3) is 0.400. The lowest BCUT2D eigenvalue weighted by Crippen LogP contribution is -2.35.